The summed E-state index contributed by atoms with van der Waals surface area (Å²) in [4.78, 5) is 12.1. The Morgan fingerprint density at radius 1 is 1.00 bits per heavy atom. The lowest BCUT2D eigenvalue weighted by atomic mass is 9.84. The number of hydrogen-bond donors (Lipinski definition) is 1. The Balaban J connectivity index is 2.15. The molecule has 0 saturated carbocycles. The van der Waals surface area contributed by atoms with E-state index in [1.165, 1.54) is 0 Å². The van der Waals surface area contributed by atoms with Crippen LogP contribution in [0.5, 0.6) is 17.2 Å². The van der Waals surface area contributed by atoms with E-state index in [2.05, 4.69) is 5.32 Å². The van der Waals surface area contributed by atoms with Crippen LogP contribution in [0.15, 0.2) is 36.4 Å². The minimum absolute atomic E-state index is 0.0272. The summed E-state index contributed by atoms with van der Waals surface area (Å²) in [6.07, 6.45) is 0.364. The van der Waals surface area contributed by atoms with Gasteiger partial charge in [0.1, 0.15) is 17.2 Å². The molecule has 3 rings (SSSR count). The fraction of sp³-hybridized carbons (Fsp3) is 0.278. The van der Waals surface area contributed by atoms with Gasteiger partial charge >= 0.3 is 0 Å². The van der Waals surface area contributed by atoms with E-state index in [-0.39, 0.29) is 11.8 Å². The van der Waals surface area contributed by atoms with Crippen LogP contribution in [0.3, 0.4) is 0 Å². The first kappa shape index (κ1) is 15.2. The first-order valence-corrected chi connectivity index (χ1v) is 7.36. The predicted molar refractivity (Wildman–Crippen MR) is 87.6 cm³/mol. The van der Waals surface area contributed by atoms with Crippen molar-refractivity contribution < 1.29 is 19.0 Å². The van der Waals surface area contributed by atoms with Gasteiger partial charge in [-0.15, -0.1) is 0 Å². The smallest absolute Gasteiger partial charge is 0.225 e. The van der Waals surface area contributed by atoms with Crippen LogP contribution in [0.25, 0.3) is 0 Å². The summed E-state index contributed by atoms with van der Waals surface area (Å²) < 4.78 is 16.1. The minimum Gasteiger partial charge on any atom is -0.497 e. The lowest BCUT2D eigenvalue weighted by Gasteiger charge is -2.28. The second-order valence-electron chi connectivity index (χ2n) is 5.37. The first-order valence-electron chi connectivity index (χ1n) is 7.36. The van der Waals surface area contributed by atoms with E-state index < -0.39 is 0 Å². The third-order valence-corrected chi connectivity index (χ3v) is 4.08. The molecule has 1 heterocycles. The zero-order valence-corrected chi connectivity index (χ0v) is 13.4. The molecule has 0 saturated heterocycles. The quantitative estimate of drug-likeness (QED) is 0.942. The van der Waals surface area contributed by atoms with Gasteiger partial charge in [-0.05, 0) is 17.7 Å². The van der Waals surface area contributed by atoms with Crippen LogP contribution in [-0.2, 0) is 4.79 Å². The molecular weight excluding hydrogens is 294 g/mol. The number of benzene rings is 2. The number of carbonyl (C=O) groups is 1. The van der Waals surface area contributed by atoms with E-state index in [1.807, 2.05) is 36.4 Å². The van der Waals surface area contributed by atoms with E-state index in [1.54, 1.807) is 21.3 Å². The van der Waals surface area contributed by atoms with E-state index >= 15 is 0 Å². The Morgan fingerprint density at radius 3 is 2.48 bits per heavy atom. The lowest BCUT2D eigenvalue weighted by Crippen LogP contribution is -2.24. The maximum atomic E-state index is 12.1. The van der Waals surface area contributed by atoms with Gasteiger partial charge in [0.25, 0.3) is 0 Å². The van der Waals surface area contributed by atoms with Crippen molar-refractivity contribution in [2.24, 2.45) is 0 Å². The van der Waals surface area contributed by atoms with Crippen LogP contribution in [0.1, 0.15) is 23.5 Å². The molecule has 1 N–H and O–H groups in total. The number of anilines is 1. The monoisotopic (exact) mass is 313 g/mol. The van der Waals surface area contributed by atoms with Gasteiger partial charge in [0.15, 0.2) is 0 Å². The molecular formula is C18H19NO4. The highest BCUT2D eigenvalue weighted by Crippen LogP contribution is 2.45. The summed E-state index contributed by atoms with van der Waals surface area (Å²) in [5, 5.41) is 2.91. The second kappa shape index (κ2) is 6.20. The molecule has 23 heavy (non-hydrogen) atoms. The summed E-state index contributed by atoms with van der Waals surface area (Å²) in [6, 6.07) is 11.4. The SMILES string of the molecule is COc1cccc(C2CC(=O)Nc3cc(OC)cc(OC)c32)c1. The largest absolute Gasteiger partial charge is 0.497 e. The number of hydrogen-bond acceptors (Lipinski definition) is 4. The van der Waals surface area contributed by atoms with Gasteiger partial charge in [-0.3, -0.25) is 4.79 Å². The summed E-state index contributed by atoms with van der Waals surface area (Å²) in [5.41, 5.74) is 2.70. The van der Waals surface area contributed by atoms with Crippen molar-refractivity contribution in [3.63, 3.8) is 0 Å². The third kappa shape index (κ3) is 2.82. The van der Waals surface area contributed by atoms with Crippen molar-refractivity contribution in [1.82, 2.24) is 0 Å². The second-order valence-corrected chi connectivity index (χ2v) is 5.37. The molecule has 0 fully saturated rings. The Labute approximate surface area is 135 Å². The number of amides is 1. The highest BCUT2D eigenvalue weighted by atomic mass is 16.5. The van der Waals surface area contributed by atoms with Gasteiger partial charge in [0, 0.05) is 30.0 Å². The first-order chi connectivity index (χ1) is 11.2. The Kier molecular flexibility index (Phi) is 4.10. The van der Waals surface area contributed by atoms with Crippen LogP contribution in [0.2, 0.25) is 0 Å². The molecule has 1 amide bonds. The van der Waals surface area contributed by atoms with Crippen LogP contribution in [-0.4, -0.2) is 27.2 Å². The molecule has 1 atom stereocenters. The topological polar surface area (TPSA) is 56.8 Å². The number of nitrogens with one attached hydrogen (secondary N) is 1. The molecule has 1 unspecified atom stereocenters. The Hall–Kier alpha value is -2.69. The van der Waals surface area contributed by atoms with Gasteiger partial charge in [-0.1, -0.05) is 12.1 Å². The maximum absolute atomic E-state index is 12.1. The minimum atomic E-state index is -0.0882. The van der Waals surface area contributed by atoms with Crippen molar-refractivity contribution in [2.45, 2.75) is 12.3 Å². The van der Waals surface area contributed by atoms with Crippen LogP contribution < -0.4 is 19.5 Å². The molecule has 0 aliphatic carbocycles. The average Bonchev–Trinajstić information content (AvgIpc) is 2.59. The van der Waals surface area contributed by atoms with Crippen LogP contribution in [0.4, 0.5) is 5.69 Å². The average molecular weight is 313 g/mol. The van der Waals surface area contributed by atoms with Gasteiger partial charge in [-0.25, -0.2) is 0 Å². The summed E-state index contributed by atoms with van der Waals surface area (Å²) in [6.45, 7) is 0. The number of fused-ring (bicyclic) bond motifs is 1. The normalized spacial score (nSPS) is 16.3. The molecule has 2 aromatic carbocycles. The van der Waals surface area contributed by atoms with Gasteiger partial charge < -0.3 is 19.5 Å². The number of carbonyl (C=O) groups excluding carboxylic acids is 1. The van der Waals surface area contributed by atoms with Gasteiger partial charge in [0.05, 0.1) is 27.0 Å². The summed E-state index contributed by atoms with van der Waals surface area (Å²) in [5.74, 6) is 2.00. The highest BCUT2D eigenvalue weighted by molar-refractivity contribution is 5.96. The Morgan fingerprint density at radius 2 is 1.78 bits per heavy atom. The van der Waals surface area contributed by atoms with Crippen molar-refractivity contribution in [3.05, 3.63) is 47.5 Å². The predicted octanol–water partition coefficient (Wildman–Crippen LogP) is 3.19. The number of methoxy groups -OCH3 is 3. The Bertz CT molecular complexity index is 742. The molecule has 1 aliphatic heterocycles. The van der Waals surface area contributed by atoms with E-state index in [0.717, 1.165) is 22.6 Å². The van der Waals surface area contributed by atoms with Gasteiger partial charge in [-0.2, -0.15) is 0 Å². The van der Waals surface area contributed by atoms with Crippen molar-refractivity contribution in [1.29, 1.82) is 0 Å². The molecule has 120 valence electrons. The lowest BCUT2D eigenvalue weighted by molar-refractivity contribution is -0.116. The highest BCUT2D eigenvalue weighted by Gasteiger charge is 2.30. The van der Waals surface area contributed by atoms with E-state index in [9.17, 15) is 4.79 Å². The van der Waals surface area contributed by atoms with Crippen molar-refractivity contribution in [2.75, 3.05) is 26.6 Å². The van der Waals surface area contributed by atoms with Crippen molar-refractivity contribution in [3.8, 4) is 17.2 Å². The molecule has 5 nitrogen and oxygen atoms in total. The van der Waals surface area contributed by atoms with Crippen LogP contribution in [0, 0.1) is 0 Å². The van der Waals surface area contributed by atoms with Crippen LogP contribution >= 0.6 is 0 Å². The third-order valence-electron chi connectivity index (χ3n) is 4.08. The zero-order valence-electron chi connectivity index (χ0n) is 13.4. The fourth-order valence-electron chi connectivity index (χ4n) is 2.98. The summed E-state index contributed by atoms with van der Waals surface area (Å²) in [7, 11) is 4.84. The fourth-order valence-corrected chi connectivity index (χ4v) is 2.98. The van der Waals surface area contributed by atoms with E-state index in [4.69, 9.17) is 14.2 Å². The van der Waals surface area contributed by atoms with Crippen molar-refractivity contribution >= 4 is 11.6 Å². The molecule has 0 spiro atoms. The summed E-state index contributed by atoms with van der Waals surface area (Å²) >= 11 is 0. The number of rotatable bonds is 4. The molecule has 1 aliphatic rings. The maximum Gasteiger partial charge on any atom is 0.225 e. The van der Waals surface area contributed by atoms with E-state index in [0.29, 0.717) is 17.9 Å². The van der Waals surface area contributed by atoms with Gasteiger partial charge in [0.2, 0.25) is 5.91 Å². The molecule has 2 aromatic rings. The zero-order chi connectivity index (χ0) is 16.4. The molecule has 0 bridgehead atoms. The molecule has 5 heteroatoms. The molecule has 0 radical (unpaired) electrons. The number of ether oxygens (including phenoxy) is 3. The standard InChI is InChI=1S/C18H19NO4/c1-21-12-6-4-5-11(7-12)14-10-17(20)19-15-8-13(22-2)9-16(23-3)18(14)15/h4-9,14H,10H2,1-3H3,(H,19,20). The molecule has 0 aromatic heterocycles.